The van der Waals surface area contributed by atoms with Gasteiger partial charge in [0.15, 0.2) is 5.82 Å². The van der Waals surface area contributed by atoms with Crippen LogP contribution in [0.5, 0.6) is 0 Å². The van der Waals surface area contributed by atoms with Gasteiger partial charge in [-0.25, -0.2) is 4.98 Å². The van der Waals surface area contributed by atoms with Gasteiger partial charge in [-0.1, -0.05) is 11.8 Å². The summed E-state index contributed by atoms with van der Waals surface area (Å²) in [6.45, 7) is 1.42. The molecule has 1 aromatic rings. The lowest BCUT2D eigenvalue weighted by molar-refractivity contribution is -0.122. The Kier molecular flexibility index (Phi) is 4.45. The molecule has 2 N–H and O–H groups in total. The second-order valence-electron chi connectivity index (χ2n) is 4.03. The summed E-state index contributed by atoms with van der Waals surface area (Å²) >= 11 is 1.75. The lowest BCUT2D eigenvalue weighted by Gasteiger charge is -2.03. The number of aromatic nitrogens is 2. The summed E-state index contributed by atoms with van der Waals surface area (Å²) in [7, 11) is 0. The molecule has 10 heteroatoms. The molecular formula is C10H10N4O4S2. The first-order valence-electron chi connectivity index (χ1n) is 5.57. The molecule has 2 rings (SSSR count). The molecule has 0 aliphatic carbocycles. The number of ketones is 1. The van der Waals surface area contributed by atoms with Crippen molar-refractivity contribution in [1.82, 2.24) is 14.7 Å². The van der Waals surface area contributed by atoms with Gasteiger partial charge in [-0.2, -0.15) is 4.37 Å². The molecular weight excluding hydrogens is 304 g/mol. The van der Waals surface area contributed by atoms with Crippen molar-refractivity contribution in [3.05, 3.63) is 5.82 Å². The van der Waals surface area contributed by atoms with Crippen LogP contribution in [0.1, 0.15) is 19.2 Å². The molecule has 3 amide bonds. The number of thioether (sulfide) groups is 1. The summed E-state index contributed by atoms with van der Waals surface area (Å²) in [6, 6.07) is 0. The SMILES string of the molecule is CC(=O)Cc1nsc(NC(=O)CC2SC(=O)NC2=O)n1. The van der Waals surface area contributed by atoms with E-state index in [-0.39, 0.29) is 23.8 Å². The van der Waals surface area contributed by atoms with E-state index in [0.29, 0.717) is 5.82 Å². The predicted octanol–water partition coefficient (Wildman–Crippen LogP) is 0.350. The number of rotatable bonds is 5. The Labute approximate surface area is 121 Å². The van der Waals surface area contributed by atoms with Gasteiger partial charge in [-0.15, -0.1) is 0 Å². The number of nitrogens with zero attached hydrogens (tertiary/aromatic N) is 2. The molecule has 0 radical (unpaired) electrons. The number of Topliss-reactive ketones (excluding diaryl/α,β-unsaturated/α-hetero) is 1. The molecule has 2 heterocycles. The zero-order valence-corrected chi connectivity index (χ0v) is 12.0. The van der Waals surface area contributed by atoms with Crippen molar-refractivity contribution in [3.63, 3.8) is 0 Å². The van der Waals surface area contributed by atoms with Crippen LogP contribution >= 0.6 is 23.3 Å². The summed E-state index contributed by atoms with van der Waals surface area (Å²) in [5.41, 5.74) is 0. The number of anilines is 1. The zero-order valence-electron chi connectivity index (χ0n) is 10.3. The van der Waals surface area contributed by atoms with Crippen molar-refractivity contribution in [2.45, 2.75) is 25.0 Å². The van der Waals surface area contributed by atoms with Crippen molar-refractivity contribution in [3.8, 4) is 0 Å². The smallest absolute Gasteiger partial charge is 0.286 e. The minimum Gasteiger partial charge on any atom is -0.301 e. The normalized spacial score (nSPS) is 17.9. The number of nitrogens with one attached hydrogen (secondary N) is 2. The van der Waals surface area contributed by atoms with Gasteiger partial charge >= 0.3 is 0 Å². The van der Waals surface area contributed by atoms with Crippen molar-refractivity contribution in [1.29, 1.82) is 0 Å². The lowest BCUT2D eigenvalue weighted by Crippen LogP contribution is -2.27. The van der Waals surface area contributed by atoms with E-state index in [1.165, 1.54) is 6.92 Å². The molecule has 1 aromatic heterocycles. The van der Waals surface area contributed by atoms with Crippen LogP contribution in [0.2, 0.25) is 0 Å². The van der Waals surface area contributed by atoms with Gasteiger partial charge in [0.1, 0.15) is 11.0 Å². The predicted molar refractivity (Wildman–Crippen MR) is 72.5 cm³/mol. The third-order valence-electron chi connectivity index (χ3n) is 2.26. The van der Waals surface area contributed by atoms with Crippen LogP contribution in [-0.2, 0) is 20.8 Å². The number of amides is 3. The largest absolute Gasteiger partial charge is 0.301 e. The highest BCUT2D eigenvalue weighted by atomic mass is 32.2. The van der Waals surface area contributed by atoms with Crippen molar-refractivity contribution in [2.75, 3.05) is 5.32 Å². The first-order chi connectivity index (χ1) is 9.44. The highest BCUT2D eigenvalue weighted by molar-refractivity contribution is 8.15. The number of imide groups is 1. The third-order valence-corrected chi connectivity index (χ3v) is 3.91. The average Bonchev–Trinajstić information content (AvgIpc) is 2.85. The Hall–Kier alpha value is -1.81. The molecule has 1 aliphatic heterocycles. The van der Waals surface area contributed by atoms with E-state index < -0.39 is 22.3 Å². The maximum Gasteiger partial charge on any atom is 0.286 e. The molecule has 1 saturated heterocycles. The third kappa shape index (κ3) is 3.84. The van der Waals surface area contributed by atoms with Crippen LogP contribution in [0, 0.1) is 0 Å². The van der Waals surface area contributed by atoms with Crippen molar-refractivity contribution < 1.29 is 19.2 Å². The molecule has 0 spiro atoms. The molecule has 8 nitrogen and oxygen atoms in total. The Balaban J connectivity index is 1.88. The maximum atomic E-state index is 11.7. The maximum absolute atomic E-state index is 11.7. The van der Waals surface area contributed by atoms with E-state index >= 15 is 0 Å². The van der Waals surface area contributed by atoms with Crippen LogP contribution in [0.4, 0.5) is 9.93 Å². The van der Waals surface area contributed by atoms with Gasteiger partial charge in [0.05, 0.1) is 6.42 Å². The summed E-state index contributed by atoms with van der Waals surface area (Å²) in [5.74, 6) is -0.623. The standard InChI is InChI=1S/C10H10N4O4S2/c1-4(15)2-6-11-9(20-14-6)12-7(16)3-5-8(17)13-10(18)19-5/h5H,2-3H2,1H3,(H,13,17,18)(H,11,12,14,16). The van der Waals surface area contributed by atoms with Crippen LogP contribution in [0.25, 0.3) is 0 Å². The minimum atomic E-state index is -0.716. The highest BCUT2D eigenvalue weighted by Gasteiger charge is 2.33. The van der Waals surface area contributed by atoms with E-state index in [0.717, 1.165) is 23.3 Å². The van der Waals surface area contributed by atoms with E-state index in [4.69, 9.17) is 0 Å². The molecule has 0 bridgehead atoms. The first kappa shape index (κ1) is 14.6. The lowest BCUT2D eigenvalue weighted by atomic mass is 10.3. The second-order valence-corrected chi connectivity index (χ2v) is 5.96. The van der Waals surface area contributed by atoms with Gasteiger partial charge in [-0.3, -0.25) is 24.5 Å². The molecule has 106 valence electrons. The van der Waals surface area contributed by atoms with E-state index in [1.54, 1.807) is 0 Å². The van der Waals surface area contributed by atoms with E-state index in [1.807, 2.05) is 0 Å². The molecule has 0 saturated carbocycles. The summed E-state index contributed by atoms with van der Waals surface area (Å²) in [4.78, 5) is 48.8. The van der Waals surface area contributed by atoms with Gasteiger partial charge in [-0.05, 0) is 6.92 Å². The Morgan fingerprint density at radius 1 is 1.40 bits per heavy atom. The van der Waals surface area contributed by atoms with Crippen LogP contribution < -0.4 is 10.6 Å². The second kappa shape index (κ2) is 6.09. The van der Waals surface area contributed by atoms with Gasteiger partial charge in [0.2, 0.25) is 16.9 Å². The number of hydrogen-bond donors (Lipinski definition) is 2. The molecule has 1 aliphatic rings. The van der Waals surface area contributed by atoms with Crippen LogP contribution in [0.15, 0.2) is 0 Å². The molecule has 0 aromatic carbocycles. The first-order valence-corrected chi connectivity index (χ1v) is 7.22. The van der Waals surface area contributed by atoms with Crippen molar-refractivity contribution >= 4 is 51.3 Å². The quantitative estimate of drug-likeness (QED) is 0.805. The van der Waals surface area contributed by atoms with Gasteiger partial charge in [0.25, 0.3) is 5.24 Å². The van der Waals surface area contributed by atoms with Crippen molar-refractivity contribution in [2.24, 2.45) is 0 Å². The van der Waals surface area contributed by atoms with E-state index in [2.05, 4.69) is 20.0 Å². The monoisotopic (exact) mass is 314 g/mol. The minimum absolute atomic E-state index is 0.0711. The molecule has 1 atom stereocenters. The number of hydrogen-bond acceptors (Lipinski definition) is 8. The topological polar surface area (TPSA) is 118 Å². The Morgan fingerprint density at radius 3 is 2.75 bits per heavy atom. The average molecular weight is 314 g/mol. The van der Waals surface area contributed by atoms with Crippen LogP contribution in [-0.4, -0.2) is 37.4 Å². The zero-order chi connectivity index (χ0) is 14.7. The fraction of sp³-hybridized carbons (Fsp3) is 0.400. The van der Waals surface area contributed by atoms with Crippen LogP contribution in [0.3, 0.4) is 0 Å². The summed E-state index contributed by atoms with van der Waals surface area (Å²) < 4.78 is 3.92. The number of carbonyl (C=O) groups is 4. The van der Waals surface area contributed by atoms with Gasteiger partial charge < -0.3 is 5.32 Å². The highest BCUT2D eigenvalue weighted by Crippen LogP contribution is 2.22. The molecule has 1 unspecified atom stereocenters. The number of carbonyl (C=O) groups excluding carboxylic acids is 4. The van der Waals surface area contributed by atoms with Gasteiger partial charge in [0, 0.05) is 18.0 Å². The summed E-state index contributed by atoms with van der Waals surface area (Å²) in [6.07, 6.45) is -0.00832. The fourth-order valence-corrected chi connectivity index (χ4v) is 2.89. The Bertz CT molecular complexity index is 586. The summed E-state index contributed by atoms with van der Waals surface area (Å²) in [5, 5.41) is 3.69. The molecule has 20 heavy (non-hydrogen) atoms. The van der Waals surface area contributed by atoms with E-state index in [9.17, 15) is 19.2 Å². The fourth-order valence-electron chi connectivity index (χ4n) is 1.47. The Morgan fingerprint density at radius 2 is 2.15 bits per heavy atom. The molecule has 1 fully saturated rings.